The Hall–Kier alpha value is -2.23. The van der Waals surface area contributed by atoms with Gasteiger partial charge in [0.25, 0.3) is 5.91 Å². The summed E-state index contributed by atoms with van der Waals surface area (Å²) in [6.45, 7) is 2.53. The molecular formula is C15H16N2O2. The highest BCUT2D eigenvalue weighted by molar-refractivity contribution is 6.07. The number of fused-ring (bicyclic) bond motifs is 1. The zero-order valence-corrected chi connectivity index (χ0v) is 10.8. The molecule has 1 aromatic carbocycles. The Morgan fingerprint density at radius 3 is 2.95 bits per heavy atom. The molecule has 2 heterocycles. The van der Waals surface area contributed by atoms with Crippen molar-refractivity contribution in [1.82, 2.24) is 0 Å². The fraction of sp³-hybridized carbons (Fsp3) is 0.267. The molecule has 1 amide bonds. The van der Waals surface area contributed by atoms with Gasteiger partial charge < -0.3 is 15.1 Å². The smallest absolute Gasteiger partial charge is 0.261 e. The molecule has 0 fully saturated rings. The van der Waals surface area contributed by atoms with Crippen molar-refractivity contribution in [3.63, 3.8) is 0 Å². The normalized spacial score (nSPS) is 14.3. The second-order valence-electron chi connectivity index (χ2n) is 4.80. The molecular weight excluding hydrogens is 240 g/mol. The van der Waals surface area contributed by atoms with E-state index in [9.17, 15) is 4.79 Å². The fourth-order valence-corrected chi connectivity index (χ4v) is 2.61. The molecule has 1 aliphatic rings. The van der Waals surface area contributed by atoms with E-state index in [1.807, 2.05) is 18.2 Å². The quantitative estimate of drug-likeness (QED) is 0.798. The Kier molecular flexibility index (Phi) is 2.78. The molecule has 4 heteroatoms. The first kappa shape index (κ1) is 11.8. The van der Waals surface area contributed by atoms with E-state index < -0.39 is 0 Å². The molecule has 0 atom stereocenters. The third-order valence-corrected chi connectivity index (χ3v) is 3.62. The van der Waals surface area contributed by atoms with Crippen molar-refractivity contribution in [2.24, 2.45) is 0 Å². The number of anilines is 2. The number of nitrogens with zero attached hydrogens (tertiary/aromatic N) is 1. The van der Waals surface area contributed by atoms with Gasteiger partial charge in [0.2, 0.25) is 0 Å². The number of hydrogen-bond donors (Lipinski definition) is 1. The van der Waals surface area contributed by atoms with Crippen molar-refractivity contribution in [1.29, 1.82) is 0 Å². The van der Waals surface area contributed by atoms with Crippen LogP contribution in [0.1, 0.15) is 28.1 Å². The van der Waals surface area contributed by atoms with Crippen LogP contribution in [-0.4, -0.2) is 12.5 Å². The average Bonchev–Trinajstić information content (AvgIpc) is 2.84. The largest absolute Gasteiger partial charge is 0.469 e. The lowest BCUT2D eigenvalue weighted by atomic mass is 9.99. The number of benzene rings is 1. The SMILES string of the molecule is Cc1occc1C(=O)N1CCCc2c(N)cccc21. The van der Waals surface area contributed by atoms with Gasteiger partial charge >= 0.3 is 0 Å². The van der Waals surface area contributed by atoms with Crippen LogP contribution in [0.5, 0.6) is 0 Å². The monoisotopic (exact) mass is 256 g/mol. The molecule has 98 valence electrons. The molecule has 2 N–H and O–H groups in total. The molecule has 2 aromatic rings. The number of nitrogens with two attached hydrogens (primary N) is 1. The molecule has 0 radical (unpaired) electrons. The first-order chi connectivity index (χ1) is 9.18. The second-order valence-corrected chi connectivity index (χ2v) is 4.80. The van der Waals surface area contributed by atoms with Crippen molar-refractivity contribution in [2.75, 3.05) is 17.2 Å². The maximum Gasteiger partial charge on any atom is 0.261 e. The van der Waals surface area contributed by atoms with Gasteiger partial charge in [-0.15, -0.1) is 0 Å². The zero-order chi connectivity index (χ0) is 13.4. The van der Waals surface area contributed by atoms with Crippen LogP contribution in [0.15, 0.2) is 34.9 Å². The van der Waals surface area contributed by atoms with Gasteiger partial charge in [0.05, 0.1) is 11.8 Å². The van der Waals surface area contributed by atoms with E-state index in [1.54, 1.807) is 24.2 Å². The van der Waals surface area contributed by atoms with E-state index in [4.69, 9.17) is 10.2 Å². The van der Waals surface area contributed by atoms with Gasteiger partial charge in [-0.25, -0.2) is 0 Å². The minimum absolute atomic E-state index is 0.0159. The number of carbonyl (C=O) groups is 1. The van der Waals surface area contributed by atoms with Crippen LogP contribution in [0.4, 0.5) is 11.4 Å². The van der Waals surface area contributed by atoms with Crippen LogP contribution in [0, 0.1) is 6.92 Å². The molecule has 3 rings (SSSR count). The van der Waals surface area contributed by atoms with Crippen molar-refractivity contribution < 1.29 is 9.21 Å². The van der Waals surface area contributed by atoms with Crippen molar-refractivity contribution in [2.45, 2.75) is 19.8 Å². The molecule has 0 bridgehead atoms. The van der Waals surface area contributed by atoms with Gasteiger partial charge in [0.15, 0.2) is 0 Å². The highest BCUT2D eigenvalue weighted by atomic mass is 16.3. The van der Waals surface area contributed by atoms with E-state index in [1.165, 1.54) is 0 Å². The number of carbonyl (C=O) groups excluding carboxylic acids is 1. The summed E-state index contributed by atoms with van der Waals surface area (Å²) in [4.78, 5) is 14.4. The van der Waals surface area contributed by atoms with E-state index in [-0.39, 0.29) is 5.91 Å². The van der Waals surface area contributed by atoms with Crippen molar-refractivity contribution in [3.8, 4) is 0 Å². The lowest BCUT2D eigenvalue weighted by Gasteiger charge is -2.30. The summed E-state index contributed by atoms with van der Waals surface area (Å²) in [6, 6.07) is 7.45. The molecule has 0 saturated carbocycles. The van der Waals surface area contributed by atoms with Crippen LogP contribution < -0.4 is 10.6 Å². The summed E-state index contributed by atoms with van der Waals surface area (Å²) in [5.74, 6) is 0.638. The van der Waals surface area contributed by atoms with E-state index in [0.29, 0.717) is 11.3 Å². The summed E-state index contributed by atoms with van der Waals surface area (Å²) < 4.78 is 5.22. The molecule has 0 saturated heterocycles. The summed E-state index contributed by atoms with van der Waals surface area (Å²) in [5, 5.41) is 0. The summed E-state index contributed by atoms with van der Waals surface area (Å²) in [7, 11) is 0. The fourth-order valence-electron chi connectivity index (χ4n) is 2.61. The Morgan fingerprint density at radius 1 is 1.37 bits per heavy atom. The first-order valence-electron chi connectivity index (χ1n) is 6.42. The molecule has 0 aliphatic carbocycles. The maximum atomic E-state index is 12.6. The predicted molar refractivity (Wildman–Crippen MR) is 74.3 cm³/mol. The van der Waals surface area contributed by atoms with Gasteiger partial charge in [-0.3, -0.25) is 4.79 Å². The first-order valence-corrected chi connectivity index (χ1v) is 6.42. The lowest BCUT2D eigenvalue weighted by molar-refractivity contribution is 0.0983. The minimum atomic E-state index is -0.0159. The number of rotatable bonds is 1. The topological polar surface area (TPSA) is 59.5 Å². The molecule has 19 heavy (non-hydrogen) atoms. The average molecular weight is 256 g/mol. The van der Waals surface area contributed by atoms with Crippen molar-refractivity contribution >= 4 is 17.3 Å². The second kappa shape index (κ2) is 4.46. The Morgan fingerprint density at radius 2 is 2.21 bits per heavy atom. The van der Waals surface area contributed by atoms with Gasteiger partial charge in [0, 0.05) is 17.9 Å². The number of aryl methyl sites for hydroxylation is 1. The third kappa shape index (κ3) is 1.89. The van der Waals surface area contributed by atoms with Crippen molar-refractivity contribution in [3.05, 3.63) is 47.4 Å². The molecule has 0 unspecified atom stereocenters. The standard InChI is InChI=1S/C15H16N2O2/c1-10-11(7-9-19-10)15(18)17-8-3-4-12-13(16)5-2-6-14(12)17/h2,5-7,9H,3-4,8,16H2,1H3. The summed E-state index contributed by atoms with van der Waals surface area (Å²) in [5.41, 5.74) is 9.38. The highest BCUT2D eigenvalue weighted by Gasteiger charge is 2.26. The van der Waals surface area contributed by atoms with Crippen LogP contribution in [0.3, 0.4) is 0 Å². The van der Waals surface area contributed by atoms with Crippen LogP contribution in [0.25, 0.3) is 0 Å². The Bertz CT molecular complexity index is 631. The molecule has 0 spiro atoms. The predicted octanol–water partition coefficient (Wildman–Crippen LogP) is 2.76. The van der Waals surface area contributed by atoms with Crippen LogP contribution in [0.2, 0.25) is 0 Å². The maximum absolute atomic E-state index is 12.6. The Balaban J connectivity index is 2.03. The van der Waals surface area contributed by atoms with Gasteiger partial charge in [-0.1, -0.05) is 6.07 Å². The highest BCUT2D eigenvalue weighted by Crippen LogP contribution is 2.32. The number of nitrogen functional groups attached to an aromatic ring is 1. The third-order valence-electron chi connectivity index (χ3n) is 3.62. The van der Waals surface area contributed by atoms with Gasteiger partial charge in [-0.05, 0) is 43.5 Å². The zero-order valence-electron chi connectivity index (χ0n) is 10.8. The van der Waals surface area contributed by atoms with E-state index >= 15 is 0 Å². The molecule has 1 aliphatic heterocycles. The summed E-state index contributed by atoms with van der Waals surface area (Å²) >= 11 is 0. The van der Waals surface area contributed by atoms with Gasteiger partial charge in [0.1, 0.15) is 5.76 Å². The number of hydrogen-bond acceptors (Lipinski definition) is 3. The van der Waals surface area contributed by atoms with Crippen LogP contribution in [-0.2, 0) is 6.42 Å². The van der Waals surface area contributed by atoms with E-state index in [0.717, 1.165) is 36.3 Å². The molecule has 4 nitrogen and oxygen atoms in total. The molecule has 1 aromatic heterocycles. The number of amides is 1. The lowest BCUT2D eigenvalue weighted by Crippen LogP contribution is -2.35. The van der Waals surface area contributed by atoms with Gasteiger partial charge in [-0.2, -0.15) is 0 Å². The number of furan rings is 1. The van der Waals surface area contributed by atoms with Crippen LogP contribution >= 0.6 is 0 Å². The minimum Gasteiger partial charge on any atom is -0.469 e. The summed E-state index contributed by atoms with van der Waals surface area (Å²) in [6.07, 6.45) is 3.41. The Labute approximate surface area is 111 Å². The van der Waals surface area contributed by atoms with E-state index in [2.05, 4.69) is 0 Å².